The first kappa shape index (κ1) is 18.7. The van der Waals surface area contributed by atoms with E-state index in [1.165, 1.54) is 6.33 Å². The fraction of sp³-hybridized carbons (Fsp3) is 0.250. The lowest BCUT2D eigenvalue weighted by Gasteiger charge is -2.09. The predicted molar refractivity (Wildman–Crippen MR) is 98.5 cm³/mol. The molecular weight excluding hydrogens is 418 g/mol. The minimum atomic E-state index is -0.306. The van der Waals surface area contributed by atoms with Gasteiger partial charge in [-0.1, -0.05) is 21.1 Å². The number of nitrogens with one attached hydrogen (secondary N) is 3. The van der Waals surface area contributed by atoms with Crippen LogP contribution in [0.3, 0.4) is 0 Å². The third-order valence-electron chi connectivity index (χ3n) is 3.57. The SMILES string of the molecule is Cc1cc(Br)ccc1NC(=O)CNC(=O)CCc1nc(-c2ncn[nH]2)no1. The summed E-state index contributed by atoms with van der Waals surface area (Å²) in [5.41, 5.74) is 1.62. The summed E-state index contributed by atoms with van der Waals surface area (Å²) in [6, 6.07) is 5.52. The number of amides is 2. The normalized spacial score (nSPS) is 10.6. The fourth-order valence-corrected chi connectivity index (χ4v) is 2.69. The molecule has 0 aliphatic heterocycles. The van der Waals surface area contributed by atoms with Gasteiger partial charge in [0.1, 0.15) is 6.33 Å². The number of carbonyl (C=O) groups is 2. The van der Waals surface area contributed by atoms with E-state index in [0.29, 0.717) is 17.4 Å². The first-order valence-corrected chi connectivity index (χ1v) is 8.81. The summed E-state index contributed by atoms with van der Waals surface area (Å²) >= 11 is 3.37. The number of anilines is 1. The summed E-state index contributed by atoms with van der Waals surface area (Å²) < 4.78 is 5.98. The van der Waals surface area contributed by atoms with E-state index in [1.54, 1.807) is 6.07 Å². The molecule has 27 heavy (non-hydrogen) atoms. The Hall–Kier alpha value is -3.08. The second kappa shape index (κ2) is 8.54. The van der Waals surface area contributed by atoms with Crippen LogP contribution in [0.2, 0.25) is 0 Å². The molecule has 11 heteroatoms. The minimum absolute atomic E-state index is 0.114. The third kappa shape index (κ3) is 5.20. The van der Waals surface area contributed by atoms with Crippen LogP contribution in [0.4, 0.5) is 5.69 Å². The molecule has 3 N–H and O–H groups in total. The van der Waals surface area contributed by atoms with Crippen molar-refractivity contribution in [1.82, 2.24) is 30.6 Å². The van der Waals surface area contributed by atoms with Crippen molar-refractivity contribution in [3.05, 3.63) is 40.5 Å². The van der Waals surface area contributed by atoms with Crippen molar-refractivity contribution in [2.45, 2.75) is 19.8 Å². The lowest BCUT2D eigenvalue weighted by atomic mass is 10.2. The molecular formula is C16H16BrN7O3. The van der Waals surface area contributed by atoms with Gasteiger partial charge in [0.15, 0.2) is 5.82 Å². The van der Waals surface area contributed by atoms with E-state index in [9.17, 15) is 9.59 Å². The topological polar surface area (TPSA) is 139 Å². The highest BCUT2D eigenvalue weighted by Gasteiger charge is 2.13. The number of hydrogen-bond donors (Lipinski definition) is 3. The molecule has 0 fully saturated rings. The lowest BCUT2D eigenvalue weighted by Crippen LogP contribution is -2.33. The Morgan fingerprint density at radius 3 is 2.89 bits per heavy atom. The molecule has 0 bridgehead atoms. The van der Waals surface area contributed by atoms with Crippen LogP contribution in [0.1, 0.15) is 17.9 Å². The van der Waals surface area contributed by atoms with Gasteiger partial charge in [0.05, 0.1) is 6.54 Å². The molecule has 0 saturated heterocycles. The fourth-order valence-electron chi connectivity index (χ4n) is 2.22. The number of hydrogen-bond acceptors (Lipinski definition) is 7. The van der Waals surface area contributed by atoms with Crippen molar-refractivity contribution < 1.29 is 14.1 Å². The first-order chi connectivity index (χ1) is 13.0. The highest BCUT2D eigenvalue weighted by Crippen LogP contribution is 2.19. The Kier molecular flexibility index (Phi) is 5.91. The number of benzene rings is 1. The van der Waals surface area contributed by atoms with Crippen molar-refractivity contribution in [3.63, 3.8) is 0 Å². The summed E-state index contributed by atoms with van der Waals surface area (Å²) in [6.45, 7) is 1.76. The Bertz CT molecular complexity index is 939. The van der Waals surface area contributed by atoms with Gasteiger partial charge in [0.25, 0.3) is 0 Å². The molecule has 0 radical (unpaired) electrons. The summed E-state index contributed by atoms with van der Waals surface area (Å²) in [5.74, 6) is 0.351. The zero-order valence-corrected chi connectivity index (χ0v) is 15.9. The van der Waals surface area contributed by atoms with E-state index in [4.69, 9.17) is 4.52 Å². The largest absolute Gasteiger partial charge is 0.347 e. The predicted octanol–water partition coefficient (Wildman–Crippen LogP) is 1.61. The number of aromatic amines is 1. The maximum atomic E-state index is 12.0. The molecule has 0 atom stereocenters. The number of carbonyl (C=O) groups excluding carboxylic acids is 2. The number of H-pyrrole nitrogens is 1. The van der Waals surface area contributed by atoms with Crippen molar-refractivity contribution in [2.24, 2.45) is 0 Å². The number of halogens is 1. The molecule has 2 heterocycles. The summed E-state index contributed by atoms with van der Waals surface area (Å²) in [5, 5.41) is 15.4. The molecule has 3 aromatic rings. The Morgan fingerprint density at radius 2 is 2.15 bits per heavy atom. The van der Waals surface area contributed by atoms with Crippen LogP contribution < -0.4 is 10.6 Å². The number of nitrogens with zero attached hydrogens (tertiary/aromatic N) is 4. The van der Waals surface area contributed by atoms with Crippen LogP contribution in [0.5, 0.6) is 0 Å². The minimum Gasteiger partial charge on any atom is -0.347 e. The average molecular weight is 434 g/mol. The van der Waals surface area contributed by atoms with Gasteiger partial charge in [-0.2, -0.15) is 10.1 Å². The van der Waals surface area contributed by atoms with Crippen LogP contribution in [0, 0.1) is 6.92 Å². The standard InChI is InChI=1S/C16H16BrN7O3/c1-9-6-10(17)2-3-11(9)21-13(26)7-18-12(25)4-5-14-22-16(24-27-14)15-19-8-20-23-15/h2-3,6,8H,4-5,7H2,1H3,(H,18,25)(H,21,26)(H,19,20,23). The van der Waals surface area contributed by atoms with Crippen LogP contribution in [-0.4, -0.2) is 43.7 Å². The smallest absolute Gasteiger partial charge is 0.243 e. The van der Waals surface area contributed by atoms with Gasteiger partial charge in [0, 0.05) is 23.0 Å². The van der Waals surface area contributed by atoms with Gasteiger partial charge in [0.2, 0.25) is 23.5 Å². The highest BCUT2D eigenvalue weighted by molar-refractivity contribution is 9.10. The molecule has 2 aromatic heterocycles. The Morgan fingerprint density at radius 1 is 1.30 bits per heavy atom. The van der Waals surface area contributed by atoms with Crippen molar-refractivity contribution in [1.29, 1.82) is 0 Å². The number of aryl methyl sites for hydroxylation is 2. The van der Waals surface area contributed by atoms with Crippen LogP contribution in [0.25, 0.3) is 11.6 Å². The van der Waals surface area contributed by atoms with Gasteiger partial charge < -0.3 is 15.2 Å². The van der Waals surface area contributed by atoms with E-state index in [2.05, 4.69) is 51.9 Å². The second-order valence-electron chi connectivity index (χ2n) is 5.63. The van der Waals surface area contributed by atoms with Crippen LogP contribution in [0.15, 0.2) is 33.5 Å². The number of rotatable bonds is 7. The molecule has 140 valence electrons. The highest BCUT2D eigenvalue weighted by atomic mass is 79.9. The van der Waals surface area contributed by atoms with E-state index >= 15 is 0 Å². The molecule has 10 nitrogen and oxygen atoms in total. The molecule has 3 rings (SSSR count). The maximum absolute atomic E-state index is 12.0. The lowest BCUT2D eigenvalue weighted by molar-refractivity contribution is -0.124. The summed E-state index contributed by atoms with van der Waals surface area (Å²) in [6.07, 6.45) is 1.70. The van der Waals surface area contributed by atoms with Gasteiger partial charge in [-0.3, -0.25) is 14.7 Å². The molecule has 0 aliphatic rings. The van der Waals surface area contributed by atoms with Gasteiger partial charge in [-0.15, -0.1) is 0 Å². The quantitative estimate of drug-likeness (QED) is 0.514. The van der Waals surface area contributed by atoms with E-state index < -0.39 is 0 Å². The first-order valence-electron chi connectivity index (χ1n) is 8.02. The zero-order valence-electron chi connectivity index (χ0n) is 14.3. The Labute approximate surface area is 162 Å². The van der Waals surface area contributed by atoms with Crippen molar-refractivity contribution in [3.8, 4) is 11.6 Å². The molecule has 2 amide bonds. The number of aromatic nitrogens is 5. The monoisotopic (exact) mass is 433 g/mol. The molecule has 0 saturated carbocycles. The molecule has 0 unspecified atom stereocenters. The summed E-state index contributed by atoms with van der Waals surface area (Å²) in [4.78, 5) is 31.9. The maximum Gasteiger partial charge on any atom is 0.243 e. The summed E-state index contributed by atoms with van der Waals surface area (Å²) in [7, 11) is 0. The van der Waals surface area contributed by atoms with Crippen molar-refractivity contribution in [2.75, 3.05) is 11.9 Å². The van der Waals surface area contributed by atoms with Crippen LogP contribution in [-0.2, 0) is 16.0 Å². The van der Waals surface area contributed by atoms with Gasteiger partial charge in [-0.05, 0) is 30.7 Å². The zero-order chi connectivity index (χ0) is 19.2. The van der Waals surface area contributed by atoms with Gasteiger partial charge >= 0.3 is 0 Å². The molecule has 0 aliphatic carbocycles. The van der Waals surface area contributed by atoms with E-state index in [1.807, 2.05) is 19.1 Å². The van der Waals surface area contributed by atoms with Crippen LogP contribution >= 0.6 is 15.9 Å². The van der Waals surface area contributed by atoms with Crippen molar-refractivity contribution >= 4 is 33.4 Å². The second-order valence-corrected chi connectivity index (χ2v) is 6.55. The van der Waals surface area contributed by atoms with E-state index in [0.717, 1.165) is 10.0 Å². The van der Waals surface area contributed by atoms with Gasteiger partial charge in [-0.25, -0.2) is 4.98 Å². The van der Waals surface area contributed by atoms with E-state index in [-0.39, 0.29) is 37.0 Å². The molecule has 0 spiro atoms. The Balaban J connectivity index is 1.42. The third-order valence-corrected chi connectivity index (χ3v) is 4.06. The molecule has 1 aromatic carbocycles. The average Bonchev–Trinajstić information content (AvgIpc) is 3.32.